The third-order valence-electron chi connectivity index (χ3n) is 26.6. The van der Waals surface area contributed by atoms with Gasteiger partial charge in [-0.3, -0.25) is 0 Å². The van der Waals surface area contributed by atoms with Gasteiger partial charge in [0.2, 0.25) is 0 Å². The Morgan fingerprint density at radius 3 is 0.627 bits per heavy atom. The fraction of sp³-hybridized carbons (Fsp3) is 0.449. The summed E-state index contributed by atoms with van der Waals surface area (Å²) in [5.74, 6) is 16.8. The van der Waals surface area contributed by atoms with E-state index < -0.39 is 32.3 Å². The van der Waals surface area contributed by atoms with Crippen molar-refractivity contribution in [3.63, 3.8) is 0 Å². The number of benzene rings is 9. The molecule has 0 N–H and O–H groups in total. The maximum Gasteiger partial charge on any atom is 0.146 e. The van der Waals surface area contributed by atoms with Crippen molar-refractivity contribution in [3.05, 3.63) is 198 Å². The van der Waals surface area contributed by atoms with Gasteiger partial charge in [-0.15, -0.1) is 22.2 Å². The summed E-state index contributed by atoms with van der Waals surface area (Å²) in [7, 11) is -8.84. The zero-order valence-corrected chi connectivity index (χ0v) is 72.5. The van der Waals surface area contributed by atoms with Crippen LogP contribution in [-0.4, -0.2) is 32.3 Å². The van der Waals surface area contributed by atoms with Crippen LogP contribution >= 0.6 is 0 Å². The fourth-order valence-electron chi connectivity index (χ4n) is 22.2. The summed E-state index contributed by atoms with van der Waals surface area (Å²) in [5, 5.41) is 9.78. The molecule has 0 saturated heterocycles. The molecule has 0 bridgehead atoms. The van der Waals surface area contributed by atoms with Gasteiger partial charge in [0.25, 0.3) is 0 Å². The van der Waals surface area contributed by atoms with Crippen molar-refractivity contribution >= 4 is 75.4 Å². The van der Waals surface area contributed by atoms with E-state index in [2.05, 4.69) is 363 Å². The van der Waals surface area contributed by atoms with Crippen LogP contribution in [0.5, 0.6) is 0 Å². The van der Waals surface area contributed by atoms with Crippen LogP contribution in [0.3, 0.4) is 0 Å². The van der Waals surface area contributed by atoms with Crippen molar-refractivity contribution in [1.29, 1.82) is 0 Å². The summed E-state index contributed by atoms with van der Waals surface area (Å²) in [4.78, 5) is 0. The van der Waals surface area contributed by atoms with Crippen LogP contribution in [0.2, 0.25) is 66.5 Å². The first-order valence-electron chi connectivity index (χ1n) is 39.5. The zero-order chi connectivity index (χ0) is 74.6. The lowest BCUT2D eigenvalue weighted by Crippen LogP contribution is -2.43. The van der Waals surface area contributed by atoms with Gasteiger partial charge in [-0.2, -0.15) is 0 Å². The minimum Gasteiger partial charge on any atom is -0.125 e. The Morgan fingerprint density at radius 2 is 0.422 bits per heavy atom. The van der Waals surface area contributed by atoms with E-state index in [1.807, 2.05) is 0 Å². The van der Waals surface area contributed by atoms with Crippen LogP contribution in [0.4, 0.5) is 0 Å². The van der Waals surface area contributed by atoms with Crippen molar-refractivity contribution in [1.82, 2.24) is 0 Å². The van der Waals surface area contributed by atoms with Gasteiger partial charge < -0.3 is 0 Å². The molecule has 11 rings (SSSR count). The predicted octanol–water partition coefficient (Wildman–Crippen LogP) is 28.7. The second-order valence-corrected chi connectivity index (χ2v) is 58.0. The van der Waals surface area contributed by atoms with E-state index in [9.17, 15) is 0 Å². The smallest absolute Gasteiger partial charge is 0.125 e. The molecule has 0 aliphatic heterocycles. The highest BCUT2D eigenvalue weighted by Gasteiger charge is 2.47. The highest BCUT2D eigenvalue weighted by atomic mass is 28.3. The molecule has 2 aliphatic rings. The van der Waals surface area contributed by atoms with Gasteiger partial charge in [0, 0.05) is 34.1 Å². The molecule has 4 heteroatoms. The van der Waals surface area contributed by atoms with Crippen molar-refractivity contribution in [2.75, 3.05) is 0 Å². The predicted molar refractivity (Wildman–Crippen MR) is 462 cm³/mol. The molecule has 0 aromatic heterocycles. The molecule has 530 valence electrons. The Bertz CT molecular complexity index is 4640. The molecular weight excluding hydrogens is 1290 g/mol. The van der Waals surface area contributed by atoms with E-state index in [0.717, 1.165) is 22.3 Å². The van der Waals surface area contributed by atoms with E-state index in [1.165, 1.54) is 132 Å². The van der Waals surface area contributed by atoms with Gasteiger partial charge in [-0.1, -0.05) is 274 Å². The molecule has 102 heavy (non-hydrogen) atoms. The van der Waals surface area contributed by atoms with Gasteiger partial charge in [-0.25, -0.2) is 0 Å². The molecule has 2 atom stereocenters. The molecule has 0 nitrogen and oxygen atoms in total. The van der Waals surface area contributed by atoms with Crippen LogP contribution in [-0.2, 0) is 0 Å². The number of fused-ring (bicyclic) bond motifs is 10. The maximum atomic E-state index is 4.31. The van der Waals surface area contributed by atoms with E-state index in [0.29, 0.717) is 66.5 Å². The summed E-state index contributed by atoms with van der Waals surface area (Å²) in [6, 6.07) is 44.2. The quantitative estimate of drug-likeness (QED) is 0.0578. The molecule has 0 heterocycles. The van der Waals surface area contributed by atoms with Crippen LogP contribution in [0, 0.1) is 87.4 Å². The average molecular weight is 1410 g/mol. The van der Waals surface area contributed by atoms with E-state index in [4.69, 9.17) is 0 Å². The third kappa shape index (κ3) is 12.1. The van der Waals surface area contributed by atoms with Crippen molar-refractivity contribution < 1.29 is 0 Å². The van der Waals surface area contributed by atoms with Gasteiger partial charge in [0.05, 0.1) is 0 Å². The van der Waals surface area contributed by atoms with E-state index in [-0.39, 0.29) is 11.8 Å². The Balaban J connectivity index is 1.35. The maximum absolute atomic E-state index is 4.31. The molecule has 0 radical (unpaired) electrons. The Labute approximate surface area is 623 Å². The first-order valence-corrected chi connectivity index (χ1v) is 48.4. The van der Waals surface area contributed by atoms with E-state index >= 15 is 0 Å². The molecule has 0 fully saturated rings. The number of hydrogen-bond donors (Lipinski definition) is 0. The Morgan fingerprint density at radius 1 is 0.235 bits per heavy atom. The lowest BCUT2D eigenvalue weighted by atomic mass is 9.80. The monoisotopic (exact) mass is 1410 g/mol. The average Bonchev–Trinajstić information content (AvgIpc) is 1.52. The molecule has 9 aromatic rings. The van der Waals surface area contributed by atoms with Crippen LogP contribution in [0.15, 0.2) is 109 Å². The van der Waals surface area contributed by atoms with E-state index in [1.54, 1.807) is 0 Å². The minimum absolute atomic E-state index is 0.0445. The summed E-state index contributed by atoms with van der Waals surface area (Å²) in [6.45, 7) is 72.9. The summed E-state index contributed by atoms with van der Waals surface area (Å²) < 4.78 is 0. The Hall–Kier alpha value is -6.87. The second-order valence-electron chi connectivity index (χ2n) is 35.7. The topological polar surface area (TPSA) is 0 Å². The van der Waals surface area contributed by atoms with Gasteiger partial charge in [-0.05, 0) is 265 Å². The van der Waals surface area contributed by atoms with Crippen molar-refractivity contribution in [2.24, 2.45) is 0 Å². The summed E-state index contributed by atoms with van der Waals surface area (Å²) >= 11 is 0. The number of aryl methyl sites for hydroxylation is 6. The minimum atomic E-state index is -2.21. The number of hydrogen-bond acceptors (Lipinski definition) is 0. The molecule has 0 saturated carbocycles. The van der Waals surface area contributed by atoms with Crippen LogP contribution in [0.25, 0.3) is 65.3 Å². The standard InChI is InChI=1S/C98H122Si4/c1-57(2)99(58(3)4,59(5)6)43-39-79-75-35-31-33-37-77(75)81(41-45-101(63(13)14,64(15)16)65(17)18)85-53-91-87(51-83(79)85)89-55-94-90(56-93(89)97(91)95-71(27)47-69(25)48-72(95)28)88-52-84-80(40-44-100(60(7)8,61(9)10)62(11)12)76-36-32-34-38-78(76)82(42-46-102(66(19)20,67(21)22)68(23)24)86(84)54-92(88)98(94)96-73(29)49-70(26)50-74(96)30/h31-38,47-68,97-98H,1-30H3. The van der Waals surface area contributed by atoms with Crippen molar-refractivity contribution in [2.45, 2.75) is 286 Å². The lowest BCUT2D eigenvalue weighted by molar-refractivity contribution is 0.838. The van der Waals surface area contributed by atoms with Gasteiger partial charge >= 0.3 is 0 Å². The van der Waals surface area contributed by atoms with Crippen LogP contribution in [0.1, 0.15) is 267 Å². The van der Waals surface area contributed by atoms with Crippen LogP contribution < -0.4 is 0 Å². The third-order valence-corrected chi connectivity index (χ3v) is 51.7. The molecular formula is C98H122Si4. The SMILES string of the molecule is Cc1cc(C)c(C2c3cc4c(cc3-c3cc5c(C#C[Si](C(C)C)(C(C)C)C(C)C)c6ccccc6c(C#C[Si](C(C)C)(C(C)C)C(C)C)c5cc32)C(c2c(C)cc(C)cc2C)c2cc3c(C#C[Si](C(C)C)(C(C)C)C(C)C)c5ccccc5c(C#C[Si](C(C)C)(C(C)C)C(C)C)c3cc2-4)c(C)c1. The van der Waals surface area contributed by atoms with Crippen molar-refractivity contribution in [3.8, 4) is 68.1 Å². The zero-order valence-electron chi connectivity index (χ0n) is 68.5. The Kier molecular flexibility index (Phi) is 21.3. The lowest BCUT2D eigenvalue weighted by Gasteiger charge is -2.38. The molecule has 2 unspecified atom stereocenters. The number of rotatable bonds is 14. The van der Waals surface area contributed by atoms with Gasteiger partial charge in [0.1, 0.15) is 32.3 Å². The second kappa shape index (κ2) is 28.5. The fourth-order valence-corrected chi connectivity index (χ4v) is 43.0. The first-order chi connectivity index (χ1) is 48.0. The molecule has 0 spiro atoms. The largest absolute Gasteiger partial charge is 0.146 e. The summed E-state index contributed by atoms with van der Waals surface area (Å²) in [6.07, 6.45) is 0. The first kappa shape index (κ1) is 76.3. The normalized spacial score (nSPS) is 14.7. The summed E-state index contributed by atoms with van der Waals surface area (Å²) in [5.41, 5.74) is 49.3. The highest BCUT2D eigenvalue weighted by Crippen LogP contribution is 2.59. The van der Waals surface area contributed by atoms with Gasteiger partial charge in [0.15, 0.2) is 0 Å². The molecule has 9 aromatic carbocycles. The molecule has 0 amide bonds. The molecule has 2 aliphatic carbocycles. The highest BCUT2D eigenvalue weighted by molar-refractivity contribution is 6.92.